The molecule has 0 spiro atoms. The monoisotopic (exact) mass is 358 g/mol. The van der Waals surface area contributed by atoms with Crippen molar-refractivity contribution in [3.63, 3.8) is 0 Å². The highest BCUT2D eigenvalue weighted by Crippen LogP contribution is 2.28. The number of rotatable bonds is 8. The fraction of sp³-hybridized carbons (Fsp3) is 0.450. The second kappa shape index (κ2) is 9.02. The summed E-state index contributed by atoms with van der Waals surface area (Å²) in [4.78, 5) is 16.4. The molecule has 1 saturated heterocycles. The number of nitrogens with zero attached hydrogens (tertiary/aromatic N) is 1. The molecule has 1 aliphatic heterocycles. The molecule has 25 heavy (non-hydrogen) atoms. The average molecular weight is 359 g/mol. The van der Waals surface area contributed by atoms with Crippen LogP contribution >= 0.6 is 11.3 Å². The van der Waals surface area contributed by atoms with Crippen LogP contribution in [0, 0.1) is 0 Å². The zero-order valence-corrected chi connectivity index (χ0v) is 15.6. The lowest BCUT2D eigenvalue weighted by atomic mass is 10.1. The minimum atomic E-state index is -0.0392. The fourth-order valence-electron chi connectivity index (χ4n) is 3.18. The first kappa shape index (κ1) is 18.0. The molecule has 0 saturated carbocycles. The predicted molar refractivity (Wildman–Crippen MR) is 102 cm³/mol. The normalized spacial score (nSPS) is 15.9. The van der Waals surface area contributed by atoms with E-state index in [9.17, 15) is 4.79 Å². The molecule has 1 N–H and O–H groups in total. The van der Waals surface area contributed by atoms with Gasteiger partial charge in [0.05, 0.1) is 12.6 Å². The van der Waals surface area contributed by atoms with Crippen LogP contribution in [0.3, 0.4) is 0 Å². The average Bonchev–Trinajstić information content (AvgIpc) is 3.34. The van der Waals surface area contributed by atoms with E-state index < -0.39 is 0 Å². The van der Waals surface area contributed by atoms with E-state index in [0.717, 1.165) is 25.3 Å². The lowest BCUT2D eigenvalue weighted by Gasteiger charge is -2.27. The maximum atomic E-state index is 12.6. The lowest BCUT2D eigenvalue weighted by Crippen LogP contribution is -2.36. The molecule has 0 bridgehead atoms. The van der Waals surface area contributed by atoms with E-state index in [-0.39, 0.29) is 11.9 Å². The molecule has 1 atom stereocenters. The summed E-state index contributed by atoms with van der Waals surface area (Å²) in [7, 11) is 0. The molecule has 4 nitrogen and oxygen atoms in total. The number of amides is 1. The van der Waals surface area contributed by atoms with Crippen LogP contribution in [-0.2, 0) is 0 Å². The van der Waals surface area contributed by atoms with Crippen molar-refractivity contribution >= 4 is 17.2 Å². The van der Waals surface area contributed by atoms with Crippen molar-refractivity contribution in [3.05, 3.63) is 52.2 Å². The maximum absolute atomic E-state index is 12.6. The van der Waals surface area contributed by atoms with E-state index in [2.05, 4.69) is 34.7 Å². The first-order valence-electron chi connectivity index (χ1n) is 9.06. The van der Waals surface area contributed by atoms with Crippen LogP contribution < -0.4 is 10.1 Å². The summed E-state index contributed by atoms with van der Waals surface area (Å²) < 4.78 is 5.63. The van der Waals surface area contributed by atoms with Crippen LogP contribution in [0.25, 0.3) is 0 Å². The van der Waals surface area contributed by atoms with Gasteiger partial charge in [0.1, 0.15) is 5.75 Å². The number of benzene rings is 1. The molecular weight excluding hydrogens is 332 g/mol. The Balaban J connectivity index is 1.63. The second-order valence-electron chi connectivity index (χ2n) is 6.36. The summed E-state index contributed by atoms with van der Waals surface area (Å²) in [6.45, 7) is 5.59. The van der Waals surface area contributed by atoms with Gasteiger partial charge in [0.15, 0.2) is 0 Å². The number of hydrogen-bond acceptors (Lipinski definition) is 4. The number of carbonyl (C=O) groups is 1. The van der Waals surface area contributed by atoms with Gasteiger partial charge >= 0.3 is 0 Å². The van der Waals surface area contributed by atoms with Crippen LogP contribution in [0.2, 0.25) is 0 Å². The predicted octanol–water partition coefficient (Wildman–Crippen LogP) is 4.10. The highest BCUT2D eigenvalue weighted by Gasteiger charge is 2.24. The van der Waals surface area contributed by atoms with E-state index in [0.29, 0.717) is 18.7 Å². The van der Waals surface area contributed by atoms with Gasteiger partial charge in [-0.1, -0.05) is 19.1 Å². The molecule has 1 unspecified atom stereocenters. The standard InChI is InChI=1S/C20H26N2O2S/c1-2-12-24-17-8-5-7-16(14-17)20(23)21-15-18(19-9-6-13-25-19)22-10-3-4-11-22/h5-9,13-14,18H,2-4,10-12,15H2,1H3,(H,21,23). The van der Waals surface area contributed by atoms with E-state index in [4.69, 9.17) is 4.74 Å². The number of nitrogens with one attached hydrogen (secondary N) is 1. The van der Waals surface area contributed by atoms with Crippen LogP contribution in [0.5, 0.6) is 5.75 Å². The van der Waals surface area contributed by atoms with Gasteiger partial charge in [-0.15, -0.1) is 11.3 Å². The quantitative estimate of drug-likeness (QED) is 0.772. The Morgan fingerprint density at radius 2 is 2.12 bits per heavy atom. The topological polar surface area (TPSA) is 41.6 Å². The molecule has 5 heteroatoms. The minimum absolute atomic E-state index is 0.0392. The van der Waals surface area contributed by atoms with Crippen molar-refractivity contribution in [2.24, 2.45) is 0 Å². The van der Waals surface area contributed by atoms with Crippen LogP contribution in [-0.4, -0.2) is 37.0 Å². The third kappa shape index (κ3) is 4.83. The maximum Gasteiger partial charge on any atom is 0.251 e. The van der Waals surface area contributed by atoms with Crippen LogP contribution in [0.15, 0.2) is 41.8 Å². The Kier molecular flexibility index (Phi) is 6.48. The number of thiophene rings is 1. The van der Waals surface area contributed by atoms with Crippen molar-refractivity contribution in [3.8, 4) is 5.75 Å². The highest BCUT2D eigenvalue weighted by molar-refractivity contribution is 7.10. The van der Waals surface area contributed by atoms with Gasteiger partial charge in [-0.25, -0.2) is 0 Å². The highest BCUT2D eigenvalue weighted by atomic mass is 32.1. The van der Waals surface area contributed by atoms with Crippen molar-refractivity contribution in [2.75, 3.05) is 26.2 Å². The Hall–Kier alpha value is -1.85. The molecule has 2 heterocycles. The van der Waals surface area contributed by atoms with Gasteiger partial charge < -0.3 is 10.1 Å². The summed E-state index contributed by atoms with van der Waals surface area (Å²) in [5.74, 6) is 0.714. The van der Waals surface area contributed by atoms with Crippen LogP contribution in [0.4, 0.5) is 0 Å². The molecule has 3 rings (SSSR count). The van der Waals surface area contributed by atoms with Gasteiger partial charge in [-0.2, -0.15) is 0 Å². The van der Waals surface area contributed by atoms with Crippen molar-refractivity contribution < 1.29 is 9.53 Å². The summed E-state index contributed by atoms with van der Waals surface area (Å²) in [5, 5.41) is 5.22. The number of ether oxygens (including phenoxy) is 1. The van der Waals surface area contributed by atoms with Crippen molar-refractivity contribution in [1.82, 2.24) is 10.2 Å². The smallest absolute Gasteiger partial charge is 0.251 e. The first-order chi connectivity index (χ1) is 12.3. The summed E-state index contributed by atoms with van der Waals surface area (Å²) in [5.41, 5.74) is 0.653. The molecule has 0 radical (unpaired) electrons. The Labute approximate surface area is 153 Å². The largest absolute Gasteiger partial charge is 0.494 e. The minimum Gasteiger partial charge on any atom is -0.494 e. The van der Waals surface area contributed by atoms with E-state index in [1.807, 2.05) is 24.3 Å². The lowest BCUT2D eigenvalue weighted by molar-refractivity contribution is 0.0938. The van der Waals surface area contributed by atoms with E-state index in [1.165, 1.54) is 17.7 Å². The van der Waals surface area contributed by atoms with Crippen molar-refractivity contribution in [1.29, 1.82) is 0 Å². The molecule has 134 valence electrons. The Morgan fingerprint density at radius 1 is 1.28 bits per heavy atom. The fourth-order valence-corrected chi connectivity index (χ4v) is 4.04. The van der Waals surface area contributed by atoms with Gasteiger partial charge in [0, 0.05) is 17.0 Å². The number of hydrogen-bond donors (Lipinski definition) is 1. The first-order valence-corrected chi connectivity index (χ1v) is 9.94. The van der Waals surface area contributed by atoms with Gasteiger partial charge in [0.25, 0.3) is 5.91 Å². The Bertz CT molecular complexity index is 666. The van der Waals surface area contributed by atoms with E-state index in [1.54, 1.807) is 11.3 Å². The Morgan fingerprint density at radius 3 is 2.84 bits per heavy atom. The molecular formula is C20H26N2O2S. The summed E-state index contributed by atoms with van der Waals surface area (Å²) >= 11 is 1.76. The SMILES string of the molecule is CCCOc1cccc(C(=O)NCC(c2cccs2)N2CCCC2)c1. The van der Waals surface area contributed by atoms with Gasteiger partial charge in [0.2, 0.25) is 0 Å². The molecule has 1 aromatic carbocycles. The second-order valence-corrected chi connectivity index (χ2v) is 7.34. The molecule has 1 fully saturated rings. The van der Waals surface area contributed by atoms with Crippen molar-refractivity contribution in [2.45, 2.75) is 32.2 Å². The zero-order valence-electron chi connectivity index (χ0n) is 14.7. The molecule has 0 aliphatic carbocycles. The third-order valence-corrected chi connectivity index (χ3v) is 5.45. The van der Waals surface area contributed by atoms with Crippen LogP contribution in [0.1, 0.15) is 47.5 Å². The summed E-state index contributed by atoms with van der Waals surface area (Å²) in [6, 6.07) is 11.9. The van der Waals surface area contributed by atoms with E-state index >= 15 is 0 Å². The molecule has 2 aromatic rings. The molecule has 1 amide bonds. The third-order valence-electron chi connectivity index (χ3n) is 4.48. The number of carbonyl (C=O) groups excluding carboxylic acids is 1. The number of likely N-dealkylation sites (tertiary alicyclic amines) is 1. The van der Waals surface area contributed by atoms with Gasteiger partial charge in [-0.05, 0) is 62.0 Å². The molecule has 1 aromatic heterocycles. The zero-order chi connectivity index (χ0) is 17.5. The summed E-state index contributed by atoms with van der Waals surface area (Å²) in [6.07, 6.45) is 3.44. The molecule has 1 aliphatic rings. The van der Waals surface area contributed by atoms with Gasteiger partial charge in [-0.3, -0.25) is 9.69 Å².